The van der Waals surface area contributed by atoms with Crippen LogP contribution in [0.25, 0.3) is 4.85 Å². The van der Waals surface area contributed by atoms with Gasteiger partial charge in [-0.25, -0.2) is 9.83 Å². The zero-order valence-electron chi connectivity index (χ0n) is 33.4. The standard InChI is InChI=1S/C44H50ClN9O5/c1-27-47-37-23-30(5-9-33(37)44(58)54(27)39-12-14-41(55)49-42(39)56)51-21-19-50(20-22-51)25-28-15-17-52(18-16-28)40-13-10-34-38(48-40)26-53(43(34)57)29-3-6-31(7-4-29)59-32-8-11-36(46-2)35(45)24-32/h5,8-11,13,23-24,27-29,31,39,47H,3-4,6-7,12,14-22,25-26H2,1H3,(H,49,55,56). The molecule has 4 amide bonds. The average Bonchev–Trinajstić information content (AvgIpc) is 3.57. The summed E-state index contributed by atoms with van der Waals surface area (Å²) in [5.41, 5.74) is 4.42. The zero-order valence-corrected chi connectivity index (χ0v) is 34.1. The highest BCUT2D eigenvalue weighted by atomic mass is 35.5. The van der Waals surface area contributed by atoms with Gasteiger partial charge >= 0.3 is 0 Å². The second kappa shape index (κ2) is 16.3. The van der Waals surface area contributed by atoms with E-state index < -0.39 is 11.9 Å². The Labute approximate surface area is 349 Å². The molecule has 3 aromatic rings. The Kier molecular flexibility index (Phi) is 10.8. The van der Waals surface area contributed by atoms with E-state index >= 15 is 0 Å². The molecule has 0 bridgehead atoms. The normalized spacial score (nSPS) is 25.3. The largest absolute Gasteiger partial charge is 0.490 e. The Morgan fingerprint density at radius 1 is 0.847 bits per heavy atom. The number of fused-ring (bicyclic) bond motifs is 2. The van der Waals surface area contributed by atoms with Crippen molar-refractivity contribution in [2.24, 2.45) is 5.92 Å². The van der Waals surface area contributed by atoms with Crippen LogP contribution in [0.5, 0.6) is 5.75 Å². The molecule has 1 saturated carbocycles. The number of carbonyl (C=O) groups excluding carboxylic acids is 4. The maximum Gasteiger partial charge on any atom is 0.258 e. The number of ether oxygens (including phenoxy) is 1. The van der Waals surface area contributed by atoms with Gasteiger partial charge in [0.2, 0.25) is 17.5 Å². The van der Waals surface area contributed by atoms with Crippen LogP contribution in [0.15, 0.2) is 48.5 Å². The van der Waals surface area contributed by atoms with Gasteiger partial charge in [-0.05, 0) is 100 Å². The number of nitrogens with one attached hydrogen (secondary N) is 2. The van der Waals surface area contributed by atoms with Crippen LogP contribution in [0.3, 0.4) is 0 Å². The van der Waals surface area contributed by atoms with E-state index in [1.165, 1.54) is 0 Å². The van der Waals surface area contributed by atoms with Crippen molar-refractivity contribution in [3.63, 3.8) is 0 Å². The molecular formula is C44H50ClN9O5. The van der Waals surface area contributed by atoms with Gasteiger partial charge in [0.15, 0.2) is 0 Å². The molecule has 59 heavy (non-hydrogen) atoms. The number of piperazine rings is 1. The quantitative estimate of drug-likeness (QED) is 0.216. The second-order valence-electron chi connectivity index (χ2n) is 16.8. The SMILES string of the molecule is [C-]#[N+]c1ccc(OC2CCC(N3Cc4nc(N5CCC(CN6CCN(c7ccc8c(c7)NC(C)N(C7CCC(=O)NC7=O)C8=O)CC6)CC5)ccc4C3=O)CC2)cc1Cl. The summed E-state index contributed by atoms with van der Waals surface area (Å²) in [4.78, 5) is 70.6. The van der Waals surface area contributed by atoms with Crippen molar-refractivity contribution < 1.29 is 23.9 Å². The van der Waals surface area contributed by atoms with Crippen molar-refractivity contribution in [1.82, 2.24) is 25.0 Å². The first-order chi connectivity index (χ1) is 28.6. The number of aromatic nitrogens is 1. The highest BCUT2D eigenvalue weighted by molar-refractivity contribution is 6.33. The highest BCUT2D eigenvalue weighted by Gasteiger charge is 2.41. The van der Waals surface area contributed by atoms with Crippen molar-refractivity contribution in [1.29, 1.82) is 0 Å². The summed E-state index contributed by atoms with van der Waals surface area (Å²) < 4.78 is 6.19. The second-order valence-corrected chi connectivity index (χ2v) is 17.2. The van der Waals surface area contributed by atoms with Gasteiger partial charge in [0.25, 0.3) is 11.8 Å². The van der Waals surface area contributed by atoms with Crippen molar-refractivity contribution in [2.75, 3.05) is 60.9 Å². The lowest BCUT2D eigenvalue weighted by Gasteiger charge is -2.42. The fourth-order valence-electron chi connectivity index (χ4n) is 9.88. The number of halogens is 1. The summed E-state index contributed by atoms with van der Waals surface area (Å²) in [5.74, 6) is 1.43. The molecule has 2 atom stereocenters. The number of rotatable bonds is 8. The fraction of sp³-hybridized carbons (Fsp3) is 0.500. The molecule has 2 aromatic carbocycles. The Hall–Kier alpha value is -5.39. The Morgan fingerprint density at radius 2 is 1.61 bits per heavy atom. The van der Waals surface area contributed by atoms with E-state index in [2.05, 4.69) is 36.2 Å². The van der Waals surface area contributed by atoms with Crippen LogP contribution in [0, 0.1) is 12.5 Å². The minimum Gasteiger partial charge on any atom is -0.490 e. The van der Waals surface area contributed by atoms with Gasteiger partial charge in [-0.2, -0.15) is 0 Å². The molecule has 2 N–H and O–H groups in total. The number of hydrogen-bond donors (Lipinski definition) is 2. The van der Waals surface area contributed by atoms with E-state index in [1.54, 1.807) is 23.1 Å². The molecule has 3 saturated heterocycles. The molecule has 0 spiro atoms. The molecule has 0 radical (unpaired) electrons. The molecule has 5 aliphatic heterocycles. The van der Waals surface area contributed by atoms with E-state index in [-0.39, 0.29) is 42.5 Å². The molecule has 9 rings (SSSR count). The molecule has 14 nitrogen and oxygen atoms in total. The molecular weight excluding hydrogens is 770 g/mol. The van der Waals surface area contributed by atoms with Crippen molar-refractivity contribution in [3.8, 4) is 5.75 Å². The molecule has 1 aromatic heterocycles. The highest BCUT2D eigenvalue weighted by Crippen LogP contribution is 2.36. The number of piperidine rings is 2. The minimum atomic E-state index is -0.667. The van der Waals surface area contributed by atoms with Gasteiger partial charge in [0.1, 0.15) is 17.6 Å². The van der Waals surface area contributed by atoms with Crippen molar-refractivity contribution >= 4 is 58.1 Å². The molecule has 15 heteroatoms. The number of amides is 4. The summed E-state index contributed by atoms with van der Waals surface area (Å²) >= 11 is 6.21. The number of hydrogen-bond acceptors (Lipinski definition) is 10. The number of carbonyl (C=O) groups is 4. The third kappa shape index (κ3) is 7.90. The summed E-state index contributed by atoms with van der Waals surface area (Å²) in [6.07, 6.45) is 5.87. The van der Waals surface area contributed by atoms with E-state index in [9.17, 15) is 19.2 Å². The lowest BCUT2D eigenvalue weighted by Crippen LogP contribution is -2.60. The molecule has 4 fully saturated rings. The maximum atomic E-state index is 13.5. The zero-order chi connectivity index (χ0) is 40.8. The molecule has 2 unspecified atom stereocenters. The summed E-state index contributed by atoms with van der Waals surface area (Å²) in [7, 11) is 0. The van der Waals surface area contributed by atoms with Crippen LogP contribution >= 0.6 is 11.6 Å². The van der Waals surface area contributed by atoms with Gasteiger partial charge in [0.05, 0.1) is 52.9 Å². The van der Waals surface area contributed by atoms with Crippen LogP contribution in [0.4, 0.5) is 22.9 Å². The number of imide groups is 1. The lowest BCUT2D eigenvalue weighted by atomic mass is 9.92. The first-order valence-electron chi connectivity index (χ1n) is 21.1. The number of pyridine rings is 1. The van der Waals surface area contributed by atoms with Crippen molar-refractivity contribution in [3.05, 3.63) is 81.8 Å². The maximum absolute atomic E-state index is 13.5. The summed E-state index contributed by atoms with van der Waals surface area (Å²) in [6.45, 7) is 16.4. The average molecular weight is 820 g/mol. The smallest absolute Gasteiger partial charge is 0.258 e. The molecule has 1 aliphatic carbocycles. The Balaban J connectivity index is 0.725. The van der Waals surface area contributed by atoms with E-state index in [1.807, 2.05) is 36.1 Å². The first kappa shape index (κ1) is 39.1. The van der Waals surface area contributed by atoms with Crippen molar-refractivity contribution in [2.45, 2.75) is 89.2 Å². The predicted octanol–water partition coefficient (Wildman–Crippen LogP) is 5.69. The van der Waals surface area contributed by atoms with Gasteiger partial charge in [-0.3, -0.25) is 29.4 Å². The van der Waals surface area contributed by atoms with E-state index in [4.69, 9.17) is 27.9 Å². The predicted molar refractivity (Wildman–Crippen MR) is 224 cm³/mol. The van der Waals surface area contributed by atoms with Gasteiger partial charge < -0.3 is 29.7 Å². The Bertz CT molecular complexity index is 2190. The lowest BCUT2D eigenvalue weighted by molar-refractivity contribution is -0.137. The van der Waals surface area contributed by atoms with Crippen LogP contribution in [0.1, 0.15) is 84.7 Å². The first-order valence-corrected chi connectivity index (χ1v) is 21.4. The van der Waals surface area contributed by atoms with Crippen LogP contribution in [0.2, 0.25) is 5.02 Å². The summed E-state index contributed by atoms with van der Waals surface area (Å²) in [6, 6.07) is 14.6. The monoisotopic (exact) mass is 819 g/mol. The molecule has 6 aliphatic rings. The molecule has 6 heterocycles. The van der Waals surface area contributed by atoms with Gasteiger partial charge in [-0.1, -0.05) is 17.7 Å². The van der Waals surface area contributed by atoms with E-state index in [0.717, 1.165) is 113 Å². The van der Waals surface area contributed by atoms with E-state index in [0.29, 0.717) is 40.9 Å². The number of anilines is 3. The Morgan fingerprint density at radius 3 is 2.34 bits per heavy atom. The molecule has 308 valence electrons. The number of benzene rings is 2. The minimum absolute atomic E-state index is 0.0546. The summed E-state index contributed by atoms with van der Waals surface area (Å²) in [5, 5.41) is 6.21. The topological polar surface area (TPSA) is 135 Å². The fourth-order valence-corrected chi connectivity index (χ4v) is 10.1. The van der Waals surface area contributed by atoms with Crippen LogP contribution < -0.4 is 25.2 Å². The third-order valence-electron chi connectivity index (χ3n) is 13.2. The van der Waals surface area contributed by atoms with Crippen LogP contribution in [-0.2, 0) is 16.1 Å². The number of nitrogens with zero attached hydrogens (tertiary/aromatic N) is 7. The van der Waals surface area contributed by atoms with Gasteiger partial charge in [0, 0.05) is 64.0 Å². The van der Waals surface area contributed by atoms with Gasteiger partial charge in [-0.15, -0.1) is 0 Å². The van der Waals surface area contributed by atoms with Crippen LogP contribution in [-0.4, -0.2) is 113 Å². The third-order valence-corrected chi connectivity index (χ3v) is 13.5.